The third-order valence-corrected chi connectivity index (χ3v) is 4.96. The van der Waals surface area contributed by atoms with Gasteiger partial charge in [-0.3, -0.25) is 0 Å². The molecule has 0 atom stereocenters. The summed E-state index contributed by atoms with van der Waals surface area (Å²) in [5.41, 5.74) is 0. The molecule has 1 aliphatic rings. The van der Waals surface area contributed by atoms with Crippen LogP contribution in [0.5, 0.6) is 11.5 Å². The molecule has 1 saturated heterocycles. The predicted octanol–water partition coefficient (Wildman–Crippen LogP) is 0.720. The molecule has 8 heteroatoms. The van der Waals surface area contributed by atoms with Crippen molar-refractivity contribution in [3.8, 4) is 11.5 Å². The predicted molar refractivity (Wildman–Crippen MR) is 78.4 cm³/mol. The molecule has 1 aliphatic heterocycles. The van der Waals surface area contributed by atoms with E-state index < -0.39 is 10.0 Å². The number of hydrogen-bond acceptors (Lipinski definition) is 5. The number of methoxy groups -OCH3 is 2. The zero-order valence-corrected chi connectivity index (χ0v) is 13.1. The van der Waals surface area contributed by atoms with Crippen LogP contribution < -0.4 is 14.8 Å². The molecule has 1 fully saturated rings. The van der Waals surface area contributed by atoms with E-state index in [0.29, 0.717) is 37.7 Å². The van der Waals surface area contributed by atoms with Gasteiger partial charge in [0.25, 0.3) is 0 Å². The van der Waals surface area contributed by atoms with E-state index in [1.165, 1.54) is 24.6 Å². The van der Waals surface area contributed by atoms with Gasteiger partial charge < -0.3 is 14.8 Å². The molecular weight excluding hydrogens is 304 g/mol. The topological polar surface area (TPSA) is 67.9 Å². The minimum absolute atomic E-state index is 0. The first-order valence-electron chi connectivity index (χ1n) is 6.02. The van der Waals surface area contributed by atoms with Gasteiger partial charge in [0.05, 0.1) is 19.1 Å². The van der Waals surface area contributed by atoms with Crippen molar-refractivity contribution in [3.63, 3.8) is 0 Å². The molecule has 0 radical (unpaired) electrons. The summed E-state index contributed by atoms with van der Waals surface area (Å²) in [6, 6.07) is 4.64. The molecular formula is C12H19ClN2O4S. The van der Waals surface area contributed by atoms with Crippen molar-refractivity contribution in [1.82, 2.24) is 9.62 Å². The van der Waals surface area contributed by atoms with Gasteiger partial charge in [0.1, 0.15) is 0 Å². The molecule has 0 saturated carbocycles. The first kappa shape index (κ1) is 17.0. The lowest BCUT2D eigenvalue weighted by Crippen LogP contribution is -2.46. The maximum absolute atomic E-state index is 12.5. The van der Waals surface area contributed by atoms with Gasteiger partial charge in [-0.2, -0.15) is 4.31 Å². The Hall–Kier alpha value is -1.02. The van der Waals surface area contributed by atoms with E-state index in [2.05, 4.69) is 5.32 Å². The molecule has 0 aliphatic carbocycles. The second-order valence-corrected chi connectivity index (χ2v) is 6.11. The molecule has 1 heterocycles. The van der Waals surface area contributed by atoms with Crippen LogP contribution >= 0.6 is 12.4 Å². The number of nitrogens with zero attached hydrogens (tertiary/aromatic N) is 1. The molecule has 2 rings (SSSR count). The first-order chi connectivity index (χ1) is 9.09. The van der Waals surface area contributed by atoms with Crippen molar-refractivity contribution < 1.29 is 17.9 Å². The summed E-state index contributed by atoms with van der Waals surface area (Å²) in [5.74, 6) is 0.931. The highest BCUT2D eigenvalue weighted by Crippen LogP contribution is 2.30. The second-order valence-electron chi connectivity index (χ2n) is 4.17. The average Bonchev–Trinajstić information content (AvgIpc) is 2.47. The molecule has 0 bridgehead atoms. The number of hydrogen-bond donors (Lipinski definition) is 1. The number of benzene rings is 1. The quantitative estimate of drug-likeness (QED) is 0.884. The number of ether oxygens (including phenoxy) is 2. The number of sulfonamides is 1. The Morgan fingerprint density at radius 3 is 2.25 bits per heavy atom. The number of rotatable bonds is 4. The van der Waals surface area contributed by atoms with Gasteiger partial charge in [-0.15, -0.1) is 12.4 Å². The van der Waals surface area contributed by atoms with Crippen LogP contribution in [0.2, 0.25) is 0 Å². The minimum atomic E-state index is -3.46. The lowest BCUT2D eigenvalue weighted by Gasteiger charge is -2.26. The average molecular weight is 323 g/mol. The van der Waals surface area contributed by atoms with E-state index in [1.807, 2.05) is 0 Å². The van der Waals surface area contributed by atoms with Crippen LogP contribution in [-0.2, 0) is 10.0 Å². The molecule has 1 aromatic carbocycles. The van der Waals surface area contributed by atoms with E-state index in [0.717, 1.165) is 0 Å². The molecule has 0 unspecified atom stereocenters. The monoisotopic (exact) mass is 322 g/mol. The highest BCUT2D eigenvalue weighted by atomic mass is 35.5. The third-order valence-electron chi connectivity index (χ3n) is 3.07. The van der Waals surface area contributed by atoms with Gasteiger partial charge in [0.2, 0.25) is 10.0 Å². The lowest BCUT2D eigenvalue weighted by atomic mass is 10.3. The zero-order valence-electron chi connectivity index (χ0n) is 11.5. The Bertz CT molecular complexity index is 544. The van der Waals surface area contributed by atoms with Crippen molar-refractivity contribution in [3.05, 3.63) is 18.2 Å². The third kappa shape index (κ3) is 3.35. The summed E-state index contributed by atoms with van der Waals surface area (Å²) >= 11 is 0. The van der Waals surface area contributed by atoms with Gasteiger partial charge >= 0.3 is 0 Å². The lowest BCUT2D eigenvalue weighted by molar-refractivity contribution is 0.350. The molecule has 0 amide bonds. The summed E-state index contributed by atoms with van der Waals surface area (Å²) in [4.78, 5) is 0.229. The maximum Gasteiger partial charge on any atom is 0.243 e. The first-order valence-corrected chi connectivity index (χ1v) is 7.46. The summed E-state index contributed by atoms with van der Waals surface area (Å²) < 4.78 is 36.6. The SMILES string of the molecule is COc1ccc(S(=O)(=O)N2CCNCC2)cc1OC.Cl. The highest BCUT2D eigenvalue weighted by molar-refractivity contribution is 7.89. The standard InChI is InChI=1S/C12H18N2O4S.ClH/c1-17-11-4-3-10(9-12(11)18-2)19(15,16)14-7-5-13-6-8-14;/h3-4,9,13H,5-8H2,1-2H3;1H. The Labute approximate surface area is 125 Å². The van der Waals surface area contributed by atoms with Crippen LogP contribution in [0.15, 0.2) is 23.1 Å². The smallest absolute Gasteiger partial charge is 0.243 e. The number of piperazine rings is 1. The molecule has 6 nitrogen and oxygen atoms in total. The molecule has 1 aromatic rings. The van der Waals surface area contributed by atoms with Gasteiger partial charge in [0.15, 0.2) is 11.5 Å². The Morgan fingerprint density at radius 2 is 1.70 bits per heavy atom. The minimum Gasteiger partial charge on any atom is -0.493 e. The fourth-order valence-corrected chi connectivity index (χ4v) is 3.47. The van der Waals surface area contributed by atoms with Crippen molar-refractivity contribution in [2.75, 3.05) is 40.4 Å². The van der Waals surface area contributed by atoms with Crippen LogP contribution in [0.25, 0.3) is 0 Å². The van der Waals surface area contributed by atoms with E-state index in [9.17, 15) is 8.42 Å². The van der Waals surface area contributed by atoms with Crippen molar-refractivity contribution in [1.29, 1.82) is 0 Å². The zero-order chi connectivity index (χ0) is 13.9. The second kappa shape index (κ2) is 7.12. The van der Waals surface area contributed by atoms with E-state index in [1.54, 1.807) is 12.1 Å². The van der Waals surface area contributed by atoms with E-state index >= 15 is 0 Å². The summed E-state index contributed by atoms with van der Waals surface area (Å²) in [7, 11) is -0.460. The van der Waals surface area contributed by atoms with Crippen molar-refractivity contribution in [2.24, 2.45) is 0 Å². The maximum atomic E-state index is 12.5. The molecule has 1 N–H and O–H groups in total. The normalized spacial score (nSPS) is 16.3. The summed E-state index contributed by atoms with van der Waals surface area (Å²) in [6.45, 7) is 2.31. The van der Waals surface area contributed by atoms with Gasteiger partial charge in [-0.05, 0) is 12.1 Å². The van der Waals surface area contributed by atoms with Crippen LogP contribution in [0.4, 0.5) is 0 Å². The fraction of sp³-hybridized carbons (Fsp3) is 0.500. The number of nitrogens with one attached hydrogen (secondary N) is 1. The largest absolute Gasteiger partial charge is 0.493 e. The molecule has 20 heavy (non-hydrogen) atoms. The van der Waals surface area contributed by atoms with Gasteiger partial charge in [0, 0.05) is 32.2 Å². The van der Waals surface area contributed by atoms with Crippen LogP contribution in [0.3, 0.4) is 0 Å². The Morgan fingerprint density at radius 1 is 1.10 bits per heavy atom. The number of halogens is 1. The van der Waals surface area contributed by atoms with Crippen molar-refractivity contribution in [2.45, 2.75) is 4.90 Å². The molecule has 0 aromatic heterocycles. The highest BCUT2D eigenvalue weighted by Gasteiger charge is 2.26. The van der Waals surface area contributed by atoms with E-state index in [-0.39, 0.29) is 17.3 Å². The van der Waals surface area contributed by atoms with Crippen LogP contribution in [-0.4, -0.2) is 53.1 Å². The van der Waals surface area contributed by atoms with Gasteiger partial charge in [-0.1, -0.05) is 0 Å². The molecule has 0 spiro atoms. The Balaban J connectivity index is 0.00000200. The fourth-order valence-electron chi connectivity index (χ4n) is 2.01. The molecule has 114 valence electrons. The van der Waals surface area contributed by atoms with Crippen LogP contribution in [0, 0.1) is 0 Å². The van der Waals surface area contributed by atoms with Gasteiger partial charge in [-0.25, -0.2) is 8.42 Å². The summed E-state index contributed by atoms with van der Waals surface area (Å²) in [5, 5.41) is 3.13. The van der Waals surface area contributed by atoms with E-state index in [4.69, 9.17) is 9.47 Å². The van der Waals surface area contributed by atoms with Crippen LogP contribution in [0.1, 0.15) is 0 Å². The van der Waals surface area contributed by atoms with Crippen molar-refractivity contribution >= 4 is 22.4 Å². The Kier molecular flexibility index (Phi) is 6.07. The summed E-state index contributed by atoms with van der Waals surface area (Å²) in [6.07, 6.45) is 0.